The minimum atomic E-state index is -0.655. The zero-order chi connectivity index (χ0) is 22.9. The molecule has 0 saturated carbocycles. The Balaban J connectivity index is 1.81. The molecule has 0 radical (unpaired) electrons. The van der Waals surface area contributed by atoms with Gasteiger partial charge in [0.15, 0.2) is 18.1 Å². The Bertz CT molecular complexity index is 1160. The van der Waals surface area contributed by atoms with Crippen LogP contribution in [0.4, 0.5) is 4.39 Å². The van der Waals surface area contributed by atoms with Crippen molar-refractivity contribution in [3.05, 3.63) is 99.8 Å². The van der Waals surface area contributed by atoms with Crippen LogP contribution in [0.15, 0.2) is 77.3 Å². The fourth-order valence-corrected chi connectivity index (χ4v) is 3.43. The Morgan fingerprint density at radius 2 is 1.94 bits per heavy atom. The first-order valence-corrected chi connectivity index (χ1v) is 10.5. The van der Waals surface area contributed by atoms with E-state index in [1.54, 1.807) is 36.4 Å². The average molecular weight is 495 g/mol. The predicted molar refractivity (Wildman–Crippen MR) is 124 cm³/mol. The molecular formula is C25H20BrFN2O3. The Morgan fingerprint density at radius 3 is 2.62 bits per heavy atom. The first-order chi connectivity index (χ1) is 15.5. The molecule has 1 N–H and O–H groups in total. The molecule has 0 aliphatic rings. The van der Waals surface area contributed by atoms with Gasteiger partial charge in [0.2, 0.25) is 5.91 Å². The van der Waals surface area contributed by atoms with Crippen LogP contribution in [-0.4, -0.2) is 19.6 Å². The zero-order valence-electron chi connectivity index (χ0n) is 17.2. The first kappa shape index (κ1) is 23.0. The monoisotopic (exact) mass is 494 g/mol. The predicted octanol–water partition coefficient (Wildman–Crippen LogP) is 5.42. The number of carbonyl (C=O) groups excluding carboxylic acids is 1. The summed E-state index contributed by atoms with van der Waals surface area (Å²) in [6, 6.07) is 20.3. The fraction of sp³-hybridized carbons (Fsp3) is 0.120. The van der Waals surface area contributed by atoms with Gasteiger partial charge in [-0.05, 0) is 41.5 Å². The lowest BCUT2D eigenvalue weighted by atomic mass is 9.98. The van der Waals surface area contributed by atoms with Gasteiger partial charge in [0.05, 0.1) is 13.2 Å². The maximum Gasteiger partial charge on any atom is 0.244 e. The van der Waals surface area contributed by atoms with Gasteiger partial charge in [0, 0.05) is 16.1 Å². The van der Waals surface area contributed by atoms with E-state index in [1.165, 1.54) is 19.3 Å². The molecule has 7 heteroatoms. The molecule has 0 spiro atoms. The molecule has 0 fully saturated rings. The van der Waals surface area contributed by atoms with Crippen LogP contribution in [0, 0.1) is 17.1 Å². The van der Waals surface area contributed by atoms with Gasteiger partial charge in [-0.25, -0.2) is 4.39 Å². The number of rotatable bonds is 8. The average Bonchev–Trinajstić information content (AvgIpc) is 2.81. The van der Waals surface area contributed by atoms with Crippen LogP contribution in [0.5, 0.6) is 11.5 Å². The van der Waals surface area contributed by atoms with E-state index < -0.39 is 11.9 Å². The number of amides is 1. The lowest BCUT2D eigenvalue weighted by molar-refractivity contribution is -0.116. The van der Waals surface area contributed by atoms with Crippen LogP contribution in [0.25, 0.3) is 6.08 Å². The molecule has 1 unspecified atom stereocenters. The molecule has 0 aliphatic heterocycles. The van der Waals surface area contributed by atoms with Gasteiger partial charge >= 0.3 is 0 Å². The van der Waals surface area contributed by atoms with Crippen molar-refractivity contribution in [2.75, 3.05) is 13.7 Å². The molecule has 1 atom stereocenters. The van der Waals surface area contributed by atoms with Crippen molar-refractivity contribution in [3.8, 4) is 17.6 Å². The maximum atomic E-state index is 14.7. The number of benzene rings is 3. The van der Waals surface area contributed by atoms with Gasteiger partial charge in [0.25, 0.3) is 0 Å². The lowest BCUT2D eigenvalue weighted by Gasteiger charge is -2.20. The van der Waals surface area contributed by atoms with E-state index in [1.807, 2.05) is 36.4 Å². The van der Waals surface area contributed by atoms with Gasteiger partial charge < -0.3 is 14.8 Å². The number of hydrogen-bond acceptors (Lipinski definition) is 4. The summed E-state index contributed by atoms with van der Waals surface area (Å²) in [6.45, 7) is -0.0958. The summed E-state index contributed by atoms with van der Waals surface area (Å²) in [5.41, 5.74) is 1.82. The minimum absolute atomic E-state index is 0.0958. The molecule has 0 heterocycles. The number of carbonyl (C=O) groups is 1. The summed E-state index contributed by atoms with van der Waals surface area (Å²) in [6.07, 6.45) is 2.99. The van der Waals surface area contributed by atoms with Gasteiger partial charge in [-0.1, -0.05) is 58.4 Å². The fourth-order valence-electron chi connectivity index (χ4n) is 3.10. The molecule has 0 saturated heterocycles. The third-order valence-corrected chi connectivity index (χ3v) is 5.09. The Kier molecular flexibility index (Phi) is 8.01. The number of nitrogens with one attached hydrogen (secondary N) is 1. The van der Waals surface area contributed by atoms with Crippen molar-refractivity contribution in [3.63, 3.8) is 0 Å². The number of methoxy groups -OCH3 is 1. The summed E-state index contributed by atoms with van der Waals surface area (Å²) >= 11 is 3.26. The number of hydrogen-bond donors (Lipinski definition) is 1. The van der Waals surface area contributed by atoms with Crippen molar-refractivity contribution in [2.45, 2.75) is 6.04 Å². The minimum Gasteiger partial charge on any atom is -0.493 e. The summed E-state index contributed by atoms with van der Waals surface area (Å²) in [5.74, 6) is 0.0764. The van der Waals surface area contributed by atoms with Crippen molar-refractivity contribution < 1.29 is 18.7 Å². The Morgan fingerprint density at radius 1 is 1.16 bits per heavy atom. The molecule has 1 amide bonds. The highest BCUT2D eigenvalue weighted by Gasteiger charge is 2.19. The van der Waals surface area contributed by atoms with E-state index in [2.05, 4.69) is 21.2 Å². The van der Waals surface area contributed by atoms with Crippen molar-refractivity contribution in [2.24, 2.45) is 0 Å². The van der Waals surface area contributed by atoms with Crippen LogP contribution in [-0.2, 0) is 4.79 Å². The highest BCUT2D eigenvalue weighted by Crippen LogP contribution is 2.29. The van der Waals surface area contributed by atoms with Crippen LogP contribution in [0.2, 0.25) is 0 Å². The number of halogens is 2. The highest BCUT2D eigenvalue weighted by atomic mass is 79.9. The molecule has 5 nitrogen and oxygen atoms in total. The molecule has 162 valence electrons. The normalized spacial score (nSPS) is 11.6. The smallest absolute Gasteiger partial charge is 0.244 e. The number of nitrogens with zero attached hydrogens (tertiary/aromatic N) is 1. The summed E-state index contributed by atoms with van der Waals surface area (Å²) in [4.78, 5) is 12.7. The SMILES string of the molecule is COc1cc(/C=C/C(=O)NC(c2ccccc2)c2ccc(Br)cc2F)ccc1OCC#N. The van der Waals surface area contributed by atoms with Gasteiger partial charge in [-0.15, -0.1) is 0 Å². The number of nitriles is 1. The first-order valence-electron chi connectivity index (χ1n) is 9.68. The maximum absolute atomic E-state index is 14.7. The van der Waals surface area contributed by atoms with E-state index >= 15 is 0 Å². The molecule has 3 aromatic rings. The van der Waals surface area contributed by atoms with Gasteiger partial charge in [0.1, 0.15) is 11.9 Å². The third kappa shape index (κ3) is 5.96. The summed E-state index contributed by atoms with van der Waals surface area (Å²) in [5, 5.41) is 11.5. The lowest BCUT2D eigenvalue weighted by Crippen LogP contribution is -2.28. The third-order valence-electron chi connectivity index (χ3n) is 4.60. The molecule has 0 aromatic heterocycles. The second kappa shape index (κ2) is 11.1. The largest absolute Gasteiger partial charge is 0.493 e. The van der Waals surface area contributed by atoms with Gasteiger partial charge in [-0.3, -0.25) is 4.79 Å². The second-order valence-electron chi connectivity index (χ2n) is 6.71. The summed E-state index contributed by atoms with van der Waals surface area (Å²) in [7, 11) is 1.49. The van der Waals surface area contributed by atoms with Crippen molar-refractivity contribution in [1.29, 1.82) is 5.26 Å². The van der Waals surface area contributed by atoms with E-state index in [4.69, 9.17) is 14.7 Å². The zero-order valence-corrected chi connectivity index (χ0v) is 18.8. The van der Waals surface area contributed by atoms with E-state index in [-0.39, 0.29) is 12.5 Å². The Labute approximate surface area is 194 Å². The Hall–Kier alpha value is -3.63. The van der Waals surface area contributed by atoms with Crippen molar-refractivity contribution >= 4 is 27.9 Å². The van der Waals surface area contributed by atoms with E-state index in [0.717, 1.165) is 5.56 Å². The van der Waals surface area contributed by atoms with Crippen LogP contribution >= 0.6 is 15.9 Å². The molecule has 0 aliphatic carbocycles. The topological polar surface area (TPSA) is 71.3 Å². The number of ether oxygens (including phenoxy) is 2. The molecule has 3 rings (SSSR count). The quantitative estimate of drug-likeness (QED) is 0.424. The van der Waals surface area contributed by atoms with Crippen LogP contribution in [0.3, 0.4) is 0 Å². The van der Waals surface area contributed by atoms with E-state index in [0.29, 0.717) is 27.1 Å². The molecular weight excluding hydrogens is 475 g/mol. The standard InChI is InChI=1S/C25H20BrFN2O3/c1-31-23-15-17(7-11-22(23)32-14-13-28)8-12-24(30)29-25(18-5-3-2-4-6-18)20-10-9-19(26)16-21(20)27/h2-12,15-16,25H,14H2,1H3,(H,29,30)/b12-8+. The molecule has 32 heavy (non-hydrogen) atoms. The van der Waals surface area contributed by atoms with Gasteiger partial charge in [-0.2, -0.15) is 5.26 Å². The molecule has 3 aromatic carbocycles. The molecule has 0 bridgehead atoms. The second-order valence-corrected chi connectivity index (χ2v) is 7.62. The highest BCUT2D eigenvalue weighted by molar-refractivity contribution is 9.10. The van der Waals surface area contributed by atoms with Crippen LogP contribution < -0.4 is 14.8 Å². The van der Waals surface area contributed by atoms with Crippen molar-refractivity contribution in [1.82, 2.24) is 5.32 Å². The van der Waals surface area contributed by atoms with Crippen LogP contribution in [0.1, 0.15) is 22.7 Å². The summed E-state index contributed by atoms with van der Waals surface area (Å²) < 4.78 is 25.8. The van der Waals surface area contributed by atoms with E-state index in [9.17, 15) is 9.18 Å².